The number of sulfonamides is 1. The van der Waals surface area contributed by atoms with Gasteiger partial charge in [0.25, 0.3) is 0 Å². The van der Waals surface area contributed by atoms with Gasteiger partial charge in [-0.05, 0) is 30.0 Å². The Hall–Kier alpha value is -0.910. The van der Waals surface area contributed by atoms with E-state index < -0.39 is 10.0 Å². The van der Waals surface area contributed by atoms with Gasteiger partial charge in [0.1, 0.15) is 0 Å². The van der Waals surface area contributed by atoms with E-state index in [1.165, 1.54) is 0 Å². The molecule has 1 aromatic rings. The second kappa shape index (κ2) is 8.39. The van der Waals surface area contributed by atoms with Crippen molar-refractivity contribution >= 4 is 10.0 Å². The fourth-order valence-corrected chi connectivity index (χ4v) is 3.54. The molecule has 0 aliphatic carbocycles. The molecule has 0 radical (unpaired) electrons. The summed E-state index contributed by atoms with van der Waals surface area (Å²) in [5.41, 5.74) is 7.27. The van der Waals surface area contributed by atoms with Crippen LogP contribution in [0.3, 0.4) is 0 Å². The van der Waals surface area contributed by atoms with Gasteiger partial charge in [0.15, 0.2) is 0 Å². The van der Waals surface area contributed by atoms with E-state index in [-0.39, 0.29) is 0 Å². The van der Waals surface area contributed by atoms with Crippen LogP contribution in [-0.2, 0) is 23.0 Å². The first kappa shape index (κ1) is 17.1. The Kier molecular flexibility index (Phi) is 7.19. The van der Waals surface area contributed by atoms with E-state index in [1.54, 1.807) is 6.07 Å². The number of rotatable bonds is 9. The molecule has 1 rings (SSSR count). The van der Waals surface area contributed by atoms with Crippen molar-refractivity contribution in [2.24, 2.45) is 5.73 Å². The monoisotopic (exact) mass is 298 g/mol. The lowest BCUT2D eigenvalue weighted by Crippen LogP contribution is -2.26. The second-order valence-corrected chi connectivity index (χ2v) is 6.69. The number of nitrogens with two attached hydrogens (primary N) is 1. The number of hydrogen-bond donors (Lipinski definition) is 2. The molecule has 0 atom stereocenters. The smallest absolute Gasteiger partial charge is 0.240 e. The van der Waals surface area contributed by atoms with Crippen LogP contribution in [0.1, 0.15) is 50.7 Å². The van der Waals surface area contributed by atoms with E-state index in [0.717, 1.165) is 36.8 Å². The molecule has 20 heavy (non-hydrogen) atoms. The van der Waals surface area contributed by atoms with Crippen molar-refractivity contribution < 1.29 is 8.42 Å². The Morgan fingerprint density at radius 3 is 2.50 bits per heavy atom. The van der Waals surface area contributed by atoms with Crippen molar-refractivity contribution in [1.82, 2.24) is 4.72 Å². The first-order valence-corrected chi connectivity index (χ1v) is 8.85. The van der Waals surface area contributed by atoms with Gasteiger partial charge >= 0.3 is 0 Å². The average molecular weight is 298 g/mol. The summed E-state index contributed by atoms with van der Waals surface area (Å²) in [4.78, 5) is 0.374. The summed E-state index contributed by atoms with van der Waals surface area (Å²) in [6.07, 6.45) is 4.92. The molecule has 3 N–H and O–H groups in total. The van der Waals surface area contributed by atoms with Gasteiger partial charge in [-0.2, -0.15) is 0 Å². The van der Waals surface area contributed by atoms with Gasteiger partial charge in [0.05, 0.1) is 4.90 Å². The quantitative estimate of drug-likeness (QED) is 0.688. The van der Waals surface area contributed by atoms with Crippen molar-refractivity contribution in [2.45, 2.75) is 57.4 Å². The maximum absolute atomic E-state index is 12.4. The minimum absolute atomic E-state index is 0.350. The van der Waals surface area contributed by atoms with E-state index in [2.05, 4.69) is 11.6 Å². The zero-order valence-corrected chi connectivity index (χ0v) is 13.3. The van der Waals surface area contributed by atoms with Crippen LogP contribution in [0.5, 0.6) is 0 Å². The first-order chi connectivity index (χ1) is 9.55. The average Bonchev–Trinajstić information content (AvgIpc) is 2.46. The SMILES string of the molecule is CCCCCCNS(=O)(=O)c1cc(CN)ccc1CC. The minimum Gasteiger partial charge on any atom is -0.326 e. The maximum Gasteiger partial charge on any atom is 0.240 e. The zero-order valence-electron chi connectivity index (χ0n) is 12.5. The van der Waals surface area contributed by atoms with Crippen LogP contribution in [0.4, 0.5) is 0 Å². The zero-order chi connectivity index (χ0) is 15.0. The first-order valence-electron chi connectivity index (χ1n) is 7.36. The molecule has 0 bridgehead atoms. The third-order valence-electron chi connectivity index (χ3n) is 3.36. The third kappa shape index (κ3) is 4.89. The van der Waals surface area contributed by atoms with E-state index in [0.29, 0.717) is 24.4 Å². The molecule has 0 saturated heterocycles. The molecule has 114 valence electrons. The van der Waals surface area contributed by atoms with E-state index >= 15 is 0 Å². The van der Waals surface area contributed by atoms with Gasteiger partial charge in [-0.1, -0.05) is 45.2 Å². The molecule has 0 fully saturated rings. The van der Waals surface area contributed by atoms with Gasteiger partial charge in [-0.25, -0.2) is 13.1 Å². The lowest BCUT2D eigenvalue weighted by atomic mass is 10.1. The van der Waals surface area contributed by atoms with Crippen LogP contribution < -0.4 is 10.5 Å². The highest BCUT2D eigenvalue weighted by atomic mass is 32.2. The number of aryl methyl sites for hydroxylation is 1. The molecule has 4 nitrogen and oxygen atoms in total. The molecule has 0 spiro atoms. The van der Waals surface area contributed by atoms with Crippen LogP contribution >= 0.6 is 0 Å². The standard InChI is InChI=1S/C15H26N2O2S/c1-3-5-6-7-10-17-20(18,19)15-11-13(12-16)8-9-14(15)4-2/h8-9,11,17H,3-7,10,12,16H2,1-2H3. The third-order valence-corrected chi connectivity index (χ3v) is 4.90. The minimum atomic E-state index is -3.43. The van der Waals surface area contributed by atoms with Crippen LogP contribution in [0.15, 0.2) is 23.1 Å². The molecule has 0 aliphatic rings. The van der Waals surface area contributed by atoms with Crippen LogP contribution in [-0.4, -0.2) is 15.0 Å². The summed E-state index contributed by atoms with van der Waals surface area (Å²) >= 11 is 0. The summed E-state index contributed by atoms with van der Waals surface area (Å²) in [6, 6.07) is 5.43. The lowest BCUT2D eigenvalue weighted by Gasteiger charge is -2.12. The van der Waals surface area contributed by atoms with Gasteiger partial charge < -0.3 is 5.73 Å². The summed E-state index contributed by atoms with van der Waals surface area (Å²) in [5.74, 6) is 0. The second-order valence-electron chi connectivity index (χ2n) is 4.96. The Morgan fingerprint density at radius 1 is 1.15 bits per heavy atom. The lowest BCUT2D eigenvalue weighted by molar-refractivity contribution is 0.572. The summed E-state index contributed by atoms with van der Waals surface area (Å²) in [7, 11) is -3.43. The fourth-order valence-electron chi connectivity index (χ4n) is 2.10. The fraction of sp³-hybridized carbons (Fsp3) is 0.600. The summed E-state index contributed by atoms with van der Waals surface area (Å²) in [5, 5.41) is 0. The highest BCUT2D eigenvalue weighted by molar-refractivity contribution is 7.89. The number of nitrogens with one attached hydrogen (secondary N) is 1. The molecule has 0 aliphatic heterocycles. The molecule has 5 heteroatoms. The predicted molar refractivity (Wildman–Crippen MR) is 83.0 cm³/mol. The van der Waals surface area contributed by atoms with E-state index in [9.17, 15) is 8.42 Å². The van der Waals surface area contributed by atoms with Crippen molar-refractivity contribution in [2.75, 3.05) is 6.54 Å². The van der Waals surface area contributed by atoms with Crippen LogP contribution in [0.25, 0.3) is 0 Å². The van der Waals surface area contributed by atoms with E-state index in [4.69, 9.17) is 5.73 Å². The summed E-state index contributed by atoms with van der Waals surface area (Å²) < 4.78 is 27.4. The number of benzene rings is 1. The highest BCUT2D eigenvalue weighted by Gasteiger charge is 2.17. The van der Waals surface area contributed by atoms with Gasteiger partial charge in [-0.15, -0.1) is 0 Å². The van der Waals surface area contributed by atoms with Gasteiger partial charge in [0.2, 0.25) is 10.0 Å². The molecular weight excluding hydrogens is 272 g/mol. The molecule has 0 saturated carbocycles. The molecule has 0 unspecified atom stereocenters. The number of hydrogen-bond acceptors (Lipinski definition) is 3. The van der Waals surface area contributed by atoms with Crippen LogP contribution in [0, 0.1) is 0 Å². The van der Waals surface area contributed by atoms with Gasteiger partial charge in [-0.3, -0.25) is 0 Å². The molecule has 0 heterocycles. The molecule has 0 aromatic heterocycles. The highest BCUT2D eigenvalue weighted by Crippen LogP contribution is 2.18. The van der Waals surface area contributed by atoms with Crippen molar-refractivity contribution in [1.29, 1.82) is 0 Å². The Labute approximate surface area is 122 Å². The topological polar surface area (TPSA) is 72.2 Å². The van der Waals surface area contributed by atoms with E-state index in [1.807, 2.05) is 19.1 Å². The predicted octanol–water partition coefficient (Wildman–Crippen LogP) is 2.57. The molecule has 1 aromatic carbocycles. The van der Waals surface area contributed by atoms with Gasteiger partial charge in [0, 0.05) is 13.1 Å². The van der Waals surface area contributed by atoms with Crippen LogP contribution in [0.2, 0.25) is 0 Å². The Morgan fingerprint density at radius 2 is 1.90 bits per heavy atom. The largest absolute Gasteiger partial charge is 0.326 e. The maximum atomic E-state index is 12.4. The molecular formula is C15H26N2O2S. The molecule has 0 amide bonds. The summed E-state index contributed by atoms with van der Waals surface area (Å²) in [6.45, 7) is 4.94. The van der Waals surface area contributed by atoms with Crippen molar-refractivity contribution in [3.8, 4) is 0 Å². The Balaban J connectivity index is 2.80. The Bertz CT molecular complexity index is 513. The van der Waals surface area contributed by atoms with Crippen molar-refractivity contribution in [3.63, 3.8) is 0 Å². The van der Waals surface area contributed by atoms with Crippen molar-refractivity contribution in [3.05, 3.63) is 29.3 Å². The normalized spacial score (nSPS) is 11.8. The number of unbranched alkanes of at least 4 members (excludes halogenated alkanes) is 3.